The maximum Gasteiger partial charge on any atom is 0.164 e. The van der Waals surface area contributed by atoms with Gasteiger partial charge in [-0.15, -0.1) is 0 Å². The van der Waals surface area contributed by atoms with Gasteiger partial charge in [-0.25, -0.2) is 0 Å². The lowest BCUT2D eigenvalue weighted by Gasteiger charge is -2.08. The Labute approximate surface area is 114 Å². The van der Waals surface area contributed by atoms with Crippen LogP contribution in [-0.4, -0.2) is 14.9 Å². The van der Waals surface area contributed by atoms with Gasteiger partial charge in [0.05, 0.1) is 0 Å². The van der Waals surface area contributed by atoms with E-state index in [0.29, 0.717) is 11.7 Å². The summed E-state index contributed by atoms with van der Waals surface area (Å²) >= 11 is 0. The lowest BCUT2D eigenvalue weighted by molar-refractivity contribution is 0.464. The number of rotatable bonds is 4. The first-order valence-electron chi connectivity index (χ1n) is 6.89. The standard InChI is InChI=1S/C16H22N2O/c1-5-18-15(13-9-7-6-8-12(13)4)16(19)14(17-18)10-11(2)3/h6-9,11,19H,5,10H2,1-4H3. The molecule has 102 valence electrons. The molecule has 0 spiro atoms. The minimum atomic E-state index is 0.338. The van der Waals surface area contributed by atoms with Crippen LogP contribution in [0.1, 0.15) is 32.0 Å². The van der Waals surface area contributed by atoms with Crippen molar-refractivity contribution in [1.29, 1.82) is 0 Å². The fourth-order valence-corrected chi connectivity index (χ4v) is 2.36. The molecule has 0 bridgehead atoms. The van der Waals surface area contributed by atoms with Crippen LogP contribution in [0.2, 0.25) is 0 Å². The van der Waals surface area contributed by atoms with Crippen molar-refractivity contribution >= 4 is 0 Å². The first-order valence-corrected chi connectivity index (χ1v) is 6.89. The molecule has 0 saturated heterocycles. The highest BCUT2D eigenvalue weighted by Gasteiger charge is 2.19. The van der Waals surface area contributed by atoms with Crippen molar-refractivity contribution in [2.45, 2.75) is 40.7 Å². The zero-order valence-corrected chi connectivity index (χ0v) is 12.1. The number of aromatic nitrogens is 2. The Hall–Kier alpha value is -1.77. The molecule has 0 amide bonds. The minimum absolute atomic E-state index is 0.338. The molecule has 2 rings (SSSR count). The van der Waals surface area contributed by atoms with Crippen molar-refractivity contribution < 1.29 is 5.11 Å². The summed E-state index contributed by atoms with van der Waals surface area (Å²) < 4.78 is 1.90. The van der Waals surface area contributed by atoms with E-state index in [1.54, 1.807) is 0 Å². The SMILES string of the molecule is CCn1nc(CC(C)C)c(O)c1-c1ccccc1C. The van der Waals surface area contributed by atoms with E-state index < -0.39 is 0 Å². The van der Waals surface area contributed by atoms with E-state index in [1.807, 2.05) is 29.8 Å². The predicted octanol–water partition coefficient (Wildman–Crippen LogP) is 3.78. The van der Waals surface area contributed by atoms with Gasteiger partial charge in [0, 0.05) is 12.1 Å². The second-order valence-corrected chi connectivity index (χ2v) is 5.37. The topological polar surface area (TPSA) is 38.0 Å². The van der Waals surface area contributed by atoms with Crippen LogP contribution in [0.5, 0.6) is 5.75 Å². The highest BCUT2D eigenvalue weighted by molar-refractivity contribution is 5.70. The molecular formula is C16H22N2O. The Morgan fingerprint density at radius 1 is 1.26 bits per heavy atom. The van der Waals surface area contributed by atoms with Crippen LogP contribution in [0.3, 0.4) is 0 Å². The maximum atomic E-state index is 10.5. The van der Waals surface area contributed by atoms with Crippen LogP contribution < -0.4 is 0 Å². The van der Waals surface area contributed by atoms with Gasteiger partial charge in [-0.05, 0) is 31.7 Å². The number of aromatic hydroxyl groups is 1. The van der Waals surface area contributed by atoms with Crippen molar-refractivity contribution in [2.24, 2.45) is 5.92 Å². The van der Waals surface area contributed by atoms with Crippen LogP contribution in [0.15, 0.2) is 24.3 Å². The van der Waals surface area contributed by atoms with E-state index in [9.17, 15) is 5.11 Å². The molecule has 2 aromatic rings. The van der Waals surface area contributed by atoms with Gasteiger partial charge in [0.15, 0.2) is 5.75 Å². The van der Waals surface area contributed by atoms with Crippen LogP contribution in [0.4, 0.5) is 0 Å². The van der Waals surface area contributed by atoms with Crippen LogP contribution in [-0.2, 0) is 13.0 Å². The Bertz CT molecular complexity index is 570. The van der Waals surface area contributed by atoms with E-state index in [4.69, 9.17) is 0 Å². The summed E-state index contributed by atoms with van der Waals surface area (Å²) in [5, 5.41) is 15.0. The zero-order chi connectivity index (χ0) is 14.0. The third kappa shape index (κ3) is 2.65. The second kappa shape index (κ2) is 5.47. The van der Waals surface area contributed by atoms with Crippen LogP contribution in [0, 0.1) is 12.8 Å². The third-order valence-corrected chi connectivity index (χ3v) is 3.30. The lowest BCUT2D eigenvalue weighted by Crippen LogP contribution is -2.01. The lowest BCUT2D eigenvalue weighted by atomic mass is 10.0. The van der Waals surface area contributed by atoms with Gasteiger partial charge in [-0.3, -0.25) is 4.68 Å². The minimum Gasteiger partial charge on any atom is -0.504 e. The Kier molecular flexibility index (Phi) is 3.93. The fourth-order valence-electron chi connectivity index (χ4n) is 2.36. The molecule has 0 aliphatic carbocycles. The Morgan fingerprint density at radius 3 is 2.53 bits per heavy atom. The first kappa shape index (κ1) is 13.7. The van der Waals surface area contributed by atoms with E-state index >= 15 is 0 Å². The highest BCUT2D eigenvalue weighted by atomic mass is 16.3. The quantitative estimate of drug-likeness (QED) is 0.906. The first-order chi connectivity index (χ1) is 9.04. The molecule has 0 unspecified atom stereocenters. The molecule has 3 heteroatoms. The maximum absolute atomic E-state index is 10.5. The number of hydrogen-bond acceptors (Lipinski definition) is 2. The zero-order valence-electron chi connectivity index (χ0n) is 12.1. The molecule has 19 heavy (non-hydrogen) atoms. The number of nitrogens with zero attached hydrogens (tertiary/aromatic N) is 2. The van der Waals surface area contributed by atoms with Gasteiger partial charge in [-0.2, -0.15) is 5.10 Å². The molecule has 1 N–H and O–H groups in total. The molecule has 1 aromatic carbocycles. The molecular weight excluding hydrogens is 236 g/mol. The van der Waals surface area contributed by atoms with Crippen molar-refractivity contribution in [3.63, 3.8) is 0 Å². The highest BCUT2D eigenvalue weighted by Crippen LogP contribution is 2.35. The normalized spacial score (nSPS) is 11.2. The summed E-state index contributed by atoms with van der Waals surface area (Å²) in [5.41, 5.74) is 3.86. The van der Waals surface area contributed by atoms with Gasteiger partial charge in [-0.1, -0.05) is 38.1 Å². The van der Waals surface area contributed by atoms with E-state index in [0.717, 1.165) is 35.5 Å². The molecule has 0 saturated carbocycles. The number of hydrogen-bond donors (Lipinski definition) is 1. The van der Waals surface area contributed by atoms with Crippen molar-refractivity contribution in [1.82, 2.24) is 9.78 Å². The summed E-state index contributed by atoms with van der Waals surface area (Å²) in [6.45, 7) is 9.14. The third-order valence-electron chi connectivity index (χ3n) is 3.30. The van der Waals surface area contributed by atoms with Gasteiger partial charge in [0.2, 0.25) is 0 Å². The molecule has 1 heterocycles. The summed E-state index contributed by atoms with van der Waals surface area (Å²) in [6, 6.07) is 8.11. The molecule has 0 atom stereocenters. The molecule has 0 aliphatic heterocycles. The molecule has 0 aliphatic rings. The Morgan fingerprint density at radius 2 is 1.95 bits per heavy atom. The van der Waals surface area contributed by atoms with Gasteiger partial charge in [0.25, 0.3) is 0 Å². The van der Waals surface area contributed by atoms with Crippen molar-refractivity contribution in [2.75, 3.05) is 0 Å². The molecule has 3 nitrogen and oxygen atoms in total. The average molecular weight is 258 g/mol. The summed E-state index contributed by atoms with van der Waals surface area (Å²) in [6.07, 6.45) is 0.803. The van der Waals surface area contributed by atoms with Crippen molar-refractivity contribution in [3.05, 3.63) is 35.5 Å². The average Bonchev–Trinajstić information content (AvgIpc) is 2.66. The monoisotopic (exact) mass is 258 g/mol. The molecule has 1 aromatic heterocycles. The number of aryl methyl sites for hydroxylation is 2. The molecule has 0 fully saturated rings. The van der Waals surface area contributed by atoms with E-state index in [-0.39, 0.29) is 0 Å². The van der Waals surface area contributed by atoms with E-state index in [2.05, 4.69) is 31.9 Å². The Balaban J connectivity index is 2.56. The largest absolute Gasteiger partial charge is 0.504 e. The van der Waals surface area contributed by atoms with Crippen LogP contribution in [0.25, 0.3) is 11.3 Å². The van der Waals surface area contributed by atoms with Crippen molar-refractivity contribution in [3.8, 4) is 17.0 Å². The molecule has 0 radical (unpaired) electrons. The van der Waals surface area contributed by atoms with Gasteiger partial charge in [0.1, 0.15) is 11.4 Å². The van der Waals surface area contributed by atoms with Gasteiger partial charge >= 0.3 is 0 Å². The smallest absolute Gasteiger partial charge is 0.164 e. The predicted molar refractivity (Wildman–Crippen MR) is 78.3 cm³/mol. The fraction of sp³-hybridized carbons (Fsp3) is 0.438. The van der Waals surface area contributed by atoms with E-state index in [1.165, 1.54) is 0 Å². The number of benzene rings is 1. The van der Waals surface area contributed by atoms with Gasteiger partial charge < -0.3 is 5.11 Å². The summed E-state index contributed by atoms with van der Waals surface area (Å²) in [7, 11) is 0. The van der Waals surface area contributed by atoms with Crippen LogP contribution >= 0.6 is 0 Å². The second-order valence-electron chi connectivity index (χ2n) is 5.37. The summed E-state index contributed by atoms with van der Waals surface area (Å²) in [4.78, 5) is 0. The summed E-state index contributed by atoms with van der Waals surface area (Å²) in [5.74, 6) is 0.820.